The van der Waals surface area contributed by atoms with Crippen LogP contribution in [0.3, 0.4) is 0 Å². The topological polar surface area (TPSA) is 97.7 Å². The van der Waals surface area contributed by atoms with Crippen molar-refractivity contribution >= 4 is 40.8 Å². The number of hydrogen-bond donors (Lipinski definition) is 1. The Morgan fingerprint density at radius 2 is 1.92 bits per heavy atom. The van der Waals surface area contributed by atoms with E-state index in [0.717, 1.165) is 55.0 Å². The number of anilines is 2. The fraction of sp³-hybridized carbons (Fsp3) is 0.583. The van der Waals surface area contributed by atoms with Crippen molar-refractivity contribution in [2.45, 2.75) is 63.2 Å². The Balaban J connectivity index is 1.53. The highest BCUT2D eigenvalue weighted by Crippen LogP contribution is 2.27. The first-order valence-corrected chi connectivity index (χ1v) is 12.5. The monoisotopic (exact) mass is 482 g/mol. The van der Waals surface area contributed by atoms with Crippen LogP contribution < -0.4 is 15.4 Å². The van der Waals surface area contributed by atoms with E-state index in [-0.39, 0.29) is 11.8 Å². The Bertz CT molecular complexity index is 1190. The van der Waals surface area contributed by atoms with Crippen LogP contribution in [-0.4, -0.2) is 92.3 Å². The van der Waals surface area contributed by atoms with Crippen LogP contribution in [0.5, 0.6) is 6.01 Å². The third-order valence-electron chi connectivity index (χ3n) is 6.78. The molecule has 0 amide bonds. The molecule has 0 aromatic carbocycles. The predicted molar refractivity (Wildman–Crippen MR) is 145 cm³/mol. The van der Waals surface area contributed by atoms with Crippen molar-refractivity contribution < 1.29 is 4.74 Å². The molecule has 4 rings (SSSR count). The largest absolute Gasteiger partial charge is 0.461 e. The molecule has 0 bridgehead atoms. The van der Waals surface area contributed by atoms with Gasteiger partial charge in [0.2, 0.25) is 0 Å². The molecule has 1 aliphatic heterocycles. The highest BCUT2D eigenvalue weighted by atomic mass is 16.5. The van der Waals surface area contributed by atoms with E-state index in [4.69, 9.17) is 39.0 Å². The number of nitrogen functional groups attached to an aromatic ring is 1. The summed E-state index contributed by atoms with van der Waals surface area (Å²) in [5.41, 5.74) is 9.63. The van der Waals surface area contributed by atoms with Crippen LogP contribution in [-0.2, 0) is 6.42 Å². The lowest BCUT2D eigenvalue weighted by Crippen LogP contribution is -2.42. The lowest BCUT2D eigenvalue weighted by Gasteiger charge is -2.36. The molecular formula is C24H33B3N8O. The summed E-state index contributed by atoms with van der Waals surface area (Å²) >= 11 is 0. The van der Waals surface area contributed by atoms with Crippen molar-refractivity contribution in [2.24, 2.45) is 0 Å². The molecule has 3 aromatic rings. The summed E-state index contributed by atoms with van der Waals surface area (Å²) in [4.78, 5) is 18.1. The maximum atomic E-state index is 6.15. The Morgan fingerprint density at radius 1 is 1.19 bits per heavy atom. The normalized spacial score (nSPS) is 16.1. The molecule has 0 saturated carbocycles. The van der Waals surface area contributed by atoms with Crippen molar-refractivity contribution in [3.05, 3.63) is 35.3 Å². The quantitative estimate of drug-likeness (QED) is 0.461. The summed E-state index contributed by atoms with van der Waals surface area (Å²) in [7, 11) is 22.0. The summed E-state index contributed by atoms with van der Waals surface area (Å²) in [5.74, 6) is 1.25. The van der Waals surface area contributed by atoms with Crippen molar-refractivity contribution in [2.75, 3.05) is 37.8 Å². The van der Waals surface area contributed by atoms with Crippen molar-refractivity contribution in [1.82, 2.24) is 29.5 Å². The molecule has 1 aliphatic rings. The predicted octanol–water partition coefficient (Wildman–Crippen LogP) is 1.66. The van der Waals surface area contributed by atoms with Gasteiger partial charge in [-0.05, 0) is 51.4 Å². The van der Waals surface area contributed by atoms with Gasteiger partial charge in [-0.2, -0.15) is 4.98 Å². The number of nitrogens with two attached hydrogens (primary N) is 1. The van der Waals surface area contributed by atoms with E-state index < -0.39 is 11.2 Å². The number of piperidine rings is 1. The van der Waals surface area contributed by atoms with Gasteiger partial charge < -0.3 is 20.3 Å². The Kier molecular flexibility index (Phi) is 7.83. The van der Waals surface area contributed by atoms with Crippen LogP contribution >= 0.6 is 0 Å². The fourth-order valence-corrected chi connectivity index (χ4v) is 4.76. The molecule has 1 atom stereocenters. The van der Waals surface area contributed by atoms with E-state index in [1.54, 1.807) is 10.7 Å². The Morgan fingerprint density at radius 3 is 2.53 bits per heavy atom. The number of aryl methyl sites for hydroxylation is 1. The SMILES string of the molecule is [B]C([B])([B])C(CCC)Oc1nc(N)c2ncc(Cc3cnc(N4CCC(N(C)C)CC4)c(C)c3)n2n1. The van der Waals surface area contributed by atoms with Gasteiger partial charge in [0, 0.05) is 31.7 Å². The fourth-order valence-electron chi connectivity index (χ4n) is 4.76. The lowest BCUT2D eigenvalue weighted by atomic mass is 9.40. The average molecular weight is 482 g/mol. The second kappa shape index (κ2) is 10.7. The van der Waals surface area contributed by atoms with Gasteiger partial charge in [0.25, 0.3) is 0 Å². The van der Waals surface area contributed by atoms with Crippen molar-refractivity contribution in [1.29, 1.82) is 0 Å². The molecule has 0 aliphatic carbocycles. The van der Waals surface area contributed by atoms with Gasteiger partial charge in [-0.15, -0.1) is 5.10 Å². The number of rotatable bonds is 9. The number of pyridine rings is 1. The van der Waals surface area contributed by atoms with Gasteiger partial charge in [-0.25, -0.2) is 14.5 Å². The minimum atomic E-state index is -1.53. The average Bonchev–Trinajstić information content (AvgIpc) is 3.21. The molecular weight excluding hydrogens is 449 g/mol. The number of fused-ring (bicyclic) bond motifs is 1. The van der Waals surface area contributed by atoms with Gasteiger partial charge in [0.1, 0.15) is 5.82 Å². The maximum absolute atomic E-state index is 6.15. The number of ether oxygens (including phenoxy) is 1. The number of imidazole rings is 1. The number of hydrogen-bond acceptors (Lipinski definition) is 8. The molecule has 4 heterocycles. The van der Waals surface area contributed by atoms with Gasteiger partial charge in [-0.3, -0.25) is 0 Å². The van der Waals surface area contributed by atoms with Crippen LogP contribution in [0.1, 0.15) is 49.4 Å². The van der Waals surface area contributed by atoms with Crippen molar-refractivity contribution in [3.8, 4) is 6.01 Å². The molecule has 3 aromatic heterocycles. The molecule has 0 spiro atoms. The molecule has 12 heteroatoms. The maximum Gasteiger partial charge on any atom is 0.336 e. The second-order valence-corrected chi connectivity index (χ2v) is 10.0. The zero-order valence-corrected chi connectivity index (χ0v) is 21.7. The van der Waals surface area contributed by atoms with E-state index in [1.807, 2.05) is 13.1 Å². The number of nitrogens with zero attached hydrogens (tertiary/aromatic N) is 7. The zero-order valence-electron chi connectivity index (χ0n) is 21.7. The summed E-state index contributed by atoms with van der Waals surface area (Å²) in [6.07, 6.45) is 7.17. The van der Waals surface area contributed by atoms with Crippen LogP contribution in [0, 0.1) is 6.92 Å². The Hall–Kier alpha value is -2.75. The van der Waals surface area contributed by atoms with Gasteiger partial charge >= 0.3 is 6.01 Å². The minimum Gasteiger partial charge on any atom is -0.461 e. The molecule has 36 heavy (non-hydrogen) atoms. The first-order chi connectivity index (χ1) is 17.1. The first kappa shape index (κ1) is 26.3. The van der Waals surface area contributed by atoms with E-state index in [0.29, 0.717) is 24.5 Å². The van der Waals surface area contributed by atoms with Gasteiger partial charge in [-0.1, -0.05) is 24.5 Å². The summed E-state index contributed by atoms with van der Waals surface area (Å²) < 4.78 is 7.50. The minimum absolute atomic E-state index is 0.0502. The van der Waals surface area contributed by atoms with Crippen LogP contribution in [0.4, 0.5) is 11.6 Å². The summed E-state index contributed by atoms with van der Waals surface area (Å²) in [5, 5.41) is 2.97. The zero-order chi connectivity index (χ0) is 26.0. The van der Waals surface area contributed by atoms with Crippen LogP contribution in [0.2, 0.25) is 5.11 Å². The summed E-state index contributed by atoms with van der Waals surface area (Å²) in [6, 6.07) is 2.85. The smallest absolute Gasteiger partial charge is 0.336 e. The lowest BCUT2D eigenvalue weighted by molar-refractivity contribution is 0.172. The standard InChI is InChI=1S/C24H33B3N8O/c1-5-6-19(24(25,26)27)36-23-31-20(28)22-30-14-18(35(22)32-23)12-16-11-15(2)21(29-13-16)34-9-7-17(8-10-34)33(3)4/h11,13-14,17,19H,5-10,12H2,1-4H3,(H2,28,31,32). The van der Waals surface area contributed by atoms with Gasteiger partial charge in [0.05, 0.1) is 41.5 Å². The Labute approximate surface area is 217 Å². The highest BCUT2D eigenvalue weighted by molar-refractivity contribution is 6.59. The molecule has 9 nitrogen and oxygen atoms in total. The summed E-state index contributed by atoms with van der Waals surface area (Å²) in [6.45, 7) is 6.12. The van der Waals surface area contributed by atoms with Crippen molar-refractivity contribution in [3.63, 3.8) is 0 Å². The second-order valence-electron chi connectivity index (χ2n) is 10.0. The molecule has 184 valence electrons. The number of aromatic nitrogens is 5. The molecule has 2 N–H and O–H groups in total. The third-order valence-corrected chi connectivity index (χ3v) is 6.78. The van der Waals surface area contributed by atoms with Gasteiger partial charge in [0.15, 0.2) is 11.5 Å². The molecule has 1 saturated heterocycles. The molecule has 1 fully saturated rings. The van der Waals surface area contributed by atoms with Crippen LogP contribution in [0.15, 0.2) is 18.5 Å². The first-order valence-electron chi connectivity index (χ1n) is 12.5. The van der Waals surface area contributed by atoms with E-state index in [2.05, 4.69) is 52.0 Å². The van der Waals surface area contributed by atoms with E-state index >= 15 is 0 Å². The van der Waals surface area contributed by atoms with E-state index in [9.17, 15) is 0 Å². The molecule has 6 radical (unpaired) electrons. The third kappa shape index (κ3) is 5.80. The van der Waals surface area contributed by atoms with Crippen LogP contribution in [0.25, 0.3) is 5.65 Å². The van der Waals surface area contributed by atoms with E-state index in [1.165, 1.54) is 0 Å². The highest BCUT2D eigenvalue weighted by Gasteiger charge is 2.26. The molecule has 1 unspecified atom stereocenters.